The van der Waals surface area contributed by atoms with Gasteiger partial charge in [0.15, 0.2) is 0 Å². The van der Waals surface area contributed by atoms with E-state index in [2.05, 4.69) is 4.18 Å². The van der Waals surface area contributed by atoms with Crippen molar-refractivity contribution in [2.24, 2.45) is 0 Å². The monoisotopic (exact) mass is 235 g/mol. The van der Waals surface area contributed by atoms with E-state index in [1.54, 1.807) is 0 Å². The summed E-state index contributed by atoms with van der Waals surface area (Å²) in [4.78, 5) is 10.6. The maximum atomic E-state index is 11.4. The Morgan fingerprint density at radius 1 is 1.64 bits per heavy atom. The summed E-state index contributed by atoms with van der Waals surface area (Å²) in [5, 5.41) is 1.64. The highest BCUT2D eigenvalue weighted by Gasteiger charge is 2.22. The topological polar surface area (TPSA) is 86.5 Å². The molecule has 0 radical (unpaired) electrons. The molecule has 0 aliphatic heterocycles. The first-order chi connectivity index (χ1) is 6.47. The number of hydrogen-bond acceptors (Lipinski definition) is 6. The second-order valence-electron chi connectivity index (χ2n) is 2.41. The van der Waals surface area contributed by atoms with E-state index in [-0.39, 0.29) is 16.3 Å². The molecule has 0 spiro atoms. The fraction of sp³-hybridized carbons (Fsp3) is 0.286. The number of anilines is 1. The van der Waals surface area contributed by atoms with Crippen molar-refractivity contribution in [3.05, 3.63) is 11.4 Å². The fourth-order valence-electron chi connectivity index (χ4n) is 0.742. The van der Waals surface area contributed by atoms with Crippen molar-refractivity contribution in [3.63, 3.8) is 0 Å². The summed E-state index contributed by atoms with van der Waals surface area (Å²) >= 11 is 1.07. The van der Waals surface area contributed by atoms with Gasteiger partial charge in [0.25, 0.3) is 0 Å². The van der Waals surface area contributed by atoms with Gasteiger partial charge in [-0.1, -0.05) is 6.92 Å². The highest BCUT2D eigenvalue weighted by atomic mass is 32.2. The third-order valence-electron chi connectivity index (χ3n) is 1.42. The Labute approximate surface area is 85.6 Å². The van der Waals surface area contributed by atoms with Gasteiger partial charge in [0.2, 0.25) is 0 Å². The second-order valence-corrected chi connectivity index (χ2v) is 4.87. The summed E-state index contributed by atoms with van der Waals surface area (Å²) in [6.45, 7) is 1.51. The van der Waals surface area contributed by atoms with Crippen LogP contribution in [0, 0.1) is 0 Å². The number of carbonyl (C=O) groups is 1. The van der Waals surface area contributed by atoms with Gasteiger partial charge < -0.3 is 9.92 Å². The molecule has 0 fully saturated rings. The molecule has 7 heteroatoms. The number of nitrogens with two attached hydrogens (primary N) is 1. The number of hydrogen-bond donors (Lipinski definition) is 1. The molecule has 0 saturated heterocycles. The van der Waals surface area contributed by atoms with E-state index in [1.807, 2.05) is 0 Å². The van der Waals surface area contributed by atoms with Crippen molar-refractivity contribution < 1.29 is 17.4 Å². The first-order valence-electron chi connectivity index (χ1n) is 3.77. The van der Waals surface area contributed by atoms with E-state index in [0.29, 0.717) is 0 Å². The SMILES string of the molecule is CCC(=O)OS(=O)(=O)c1ccsc1N. The summed E-state index contributed by atoms with van der Waals surface area (Å²) in [5.74, 6) is -0.796. The van der Waals surface area contributed by atoms with Gasteiger partial charge in [-0.05, 0) is 11.4 Å². The van der Waals surface area contributed by atoms with E-state index in [0.717, 1.165) is 11.3 Å². The predicted octanol–water partition coefficient (Wildman–Crippen LogP) is 0.972. The molecule has 0 amide bonds. The molecule has 78 valence electrons. The van der Waals surface area contributed by atoms with Crippen molar-refractivity contribution in [1.29, 1.82) is 0 Å². The lowest BCUT2D eigenvalue weighted by atomic mass is 10.5. The molecule has 0 unspecified atom stereocenters. The van der Waals surface area contributed by atoms with Gasteiger partial charge in [-0.25, -0.2) is 0 Å². The molecule has 14 heavy (non-hydrogen) atoms. The molecule has 0 aromatic carbocycles. The maximum absolute atomic E-state index is 11.4. The van der Waals surface area contributed by atoms with Gasteiger partial charge in [-0.15, -0.1) is 11.3 Å². The Morgan fingerprint density at radius 3 is 2.71 bits per heavy atom. The molecular formula is C7H9NO4S2. The third kappa shape index (κ3) is 2.24. The molecule has 1 rings (SSSR count). The van der Waals surface area contributed by atoms with Crippen molar-refractivity contribution in [2.75, 3.05) is 5.73 Å². The molecule has 5 nitrogen and oxygen atoms in total. The van der Waals surface area contributed by atoms with E-state index in [4.69, 9.17) is 5.73 Å². The Kier molecular flexibility index (Phi) is 3.12. The molecule has 1 aromatic heterocycles. The highest BCUT2D eigenvalue weighted by Crippen LogP contribution is 2.25. The van der Waals surface area contributed by atoms with Gasteiger partial charge in [-0.3, -0.25) is 4.79 Å². The molecule has 0 bridgehead atoms. The average molecular weight is 235 g/mol. The van der Waals surface area contributed by atoms with Gasteiger partial charge >= 0.3 is 16.1 Å². The number of thiophene rings is 1. The minimum atomic E-state index is -4.02. The minimum absolute atomic E-state index is 0.00325. The van der Waals surface area contributed by atoms with Gasteiger partial charge in [0.1, 0.15) is 9.90 Å². The lowest BCUT2D eigenvalue weighted by Gasteiger charge is -2.02. The van der Waals surface area contributed by atoms with Gasteiger partial charge in [0.05, 0.1) is 0 Å². The zero-order chi connectivity index (χ0) is 10.8. The average Bonchev–Trinajstić information content (AvgIpc) is 2.51. The second kappa shape index (κ2) is 3.97. The zero-order valence-corrected chi connectivity index (χ0v) is 9.02. The summed E-state index contributed by atoms with van der Waals surface area (Å²) in [6.07, 6.45) is 0.00325. The predicted molar refractivity (Wildman–Crippen MR) is 52.3 cm³/mol. The standard InChI is InChI=1S/C7H9NO4S2/c1-2-6(9)12-14(10,11)5-3-4-13-7(5)8/h3-4H,2,8H2,1H3. The van der Waals surface area contributed by atoms with Crippen LogP contribution in [0.15, 0.2) is 16.3 Å². The minimum Gasteiger partial charge on any atom is -0.389 e. The van der Waals surface area contributed by atoms with Crippen LogP contribution < -0.4 is 5.73 Å². The summed E-state index contributed by atoms with van der Waals surface area (Å²) in [5.41, 5.74) is 5.39. The maximum Gasteiger partial charge on any atom is 0.344 e. The van der Waals surface area contributed by atoms with E-state index < -0.39 is 16.1 Å². The smallest absolute Gasteiger partial charge is 0.344 e. The van der Waals surface area contributed by atoms with Crippen LogP contribution in [0.5, 0.6) is 0 Å². The molecule has 0 atom stereocenters. The molecular weight excluding hydrogens is 226 g/mol. The van der Waals surface area contributed by atoms with E-state index in [1.165, 1.54) is 18.4 Å². The van der Waals surface area contributed by atoms with Crippen molar-refractivity contribution in [1.82, 2.24) is 0 Å². The quantitative estimate of drug-likeness (QED) is 0.789. The summed E-state index contributed by atoms with van der Waals surface area (Å²) in [7, 11) is -4.02. The lowest BCUT2D eigenvalue weighted by molar-refractivity contribution is -0.133. The summed E-state index contributed by atoms with van der Waals surface area (Å²) < 4.78 is 27.0. The van der Waals surface area contributed by atoms with Crippen molar-refractivity contribution in [3.8, 4) is 0 Å². The van der Waals surface area contributed by atoms with E-state index in [9.17, 15) is 13.2 Å². The normalized spacial score (nSPS) is 11.2. The van der Waals surface area contributed by atoms with Crippen LogP contribution in [0.1, 0.15) is 13.3 Å². The lowest BCUT2D eigenvalue weighted by Crippen LogP contribution is -2.12. The van der Waals surface area contributed by atoms with E-state index >= 15 is 0 Å². The first kappa shape index (κ1) is 11.0. The highest BCUT2D eigenvalue weighted by molar-refractivity contribution is 7.87. The van der Waals surface area contributed by atoms with Crippen LogP contribution in [-0.4, -0.2) is 14.4 Å². The third-order valence-corrected chi connectivity index (χ3v) is 3.59. The fourth-order valence-corrected chi connectivity index (χ4v) is 2.75. The molecule has 1 heterocycles. The Hall–Kier alpha value is -1.08. The number of carbonyl (C=O) groups excluding carboxylic acids is 1. The Bertz CT molecular complexity index is 434. The molecule has 0 aliphatic rings. The Morgan fingerprint density at radius 2 is 2.29 bits per heavy atom. The van der Waals surface area contributed by atoms with Crippen LogP contribution in [-0.2, 0) is 19.1 Å². The van der Waals surface area contributed by atoms with Crippen molar-refractivity contribution in [2.45, 2.75) is 18.2 Å². The molecule has 2 N–H and O–H groups in total. The summed E-state index contributed by atoms with van der Waals surface area (Å²) in [6, 6.07) is 1.30. The van der Waals surface area contributed by atoms with Gasteiger partial charge in [-0.2, -0.15) is 8.42 Å². The van der Waals surface area contributed by atoms with Crippen molar-refractivity contribution >= 4 is 32.4 Å². The molecule has 0 aliphatic carbocycles. The van der Waals surface area contributed by atoms with Crippen LogP contribution in [0.2, 0.25) is 0 Å². The van der Waals surface area contributed by atoms with Crippen LogP contribution in [0.3, 0.4) is 0 Å². The first-order valence-corrected chi connectivity index (χ1v) is 6.06. The largest absolute Gasteiger partial charge is 0.389 e. The van der Waals surface area contributed by atoms with Crippen LogP contribution >= 0.6 is 11.3 Å². The van der Waals surface area contributed by atoms with Gasteiger partial charge in [0, 0.05) is 6.42 Å². The molecule has 1 aromatic rings. The zero-order valence-electron chi connectivity index (χ0n) is 7.39. The Balaban J connectivity index is 2.98. The van der Waals surface area contributed by atoms with Crippen LogP contribution in [0.4, 0.5) is 5.00 Å². The van der Waals surface area contributed by atoms with Crippen LogP contribution in [0.25, 0.3) is 0 Å². The number of nitrogen functional groups attached to an aromatic ring is 1. The number of rotatable bonds is 3. The molecule has 0 saturated carbocycles.